The zero-order chi connectivity index (χ0) is 81.0. The summed E-state index contributed by atoms with van der Waals surface area (Å²) in [6.45, 7) is 7.59. The summed E-state index contributed by atoms with van der Waals surface area (Å²) in [7, 11) is 9.95. The van der Waals surface area contributed by atoms with E-state index in [0.717, 1.165) is 0 Å². The van der Waals surface area contributed by atoms with Gasteiger partial charge in [0, 0.05) is 151 Å². The average molecular weight is 1550 g/mol. The van der Waals surface area contributed by atoms with E-state index in [9.17, 15) is 71.9 Å². The van der Waals surface area contributed by atoms with Gasteiger partial charge in [0.25, 0.3) is 0 Å². The van der Waals surface area contributed by atoms with E-state index in [-0.39, 0.29) is 188 Å². The van der Waals surface area contributed by atoms with Gasteiger partial charge >= 0.3 is 47.8 Å². The summed E-state index contributed by atoms with van der Waals surface area (Å²) in [5.74, 6) is -9.04. The van der Waals surface area contributed by atoms with Gasteiger partial charge in [0.15, 0.2) is 0 Å². The van der Waals surface area contributed by atoms with Crippen molar-refractivity contribution in [3.8, 4) is 0 Å². The highest BCUT2D eigenvalue weighted by atomic mass is 16.5. The van der Waals surface area contributed by atoms with Gasteiger partial charge in [0.1, 0.15) is 30.2 Å². The van der Waals surface area contributed by atoms with Crippen LogP contribution in [0.1, 0.15) is 83.3 Å². The number of hydrogen-bond donors (Lipinski definition) is 7. The molecule has 2 fully saturated rings. The molecule has 8 N–H and O–H groups in total. The smallest absolute Gasteiger partial charge is 0.323 e. The van der Waals surface area contributed by atoms with Crippen LogP contribution in [0, 0.1) is 5.92 Å². The van der Waals surface area contributed by atoms with Crippen LogP contribution in [0.5, 0.6) is 0 Å². The summed E-state index contributed by atoms with van der Waals surface area (Å²) in [4.78, 5) is 212. The fourth-order valence-electron chi connectivity index (χ4n) is 12.0. The fourth-order valence-corrected chi connectivity index (χ4v) is 12.0. The Kier molecular flexibility index (Phi) is 45.0. The van der Waals surface area contributed by atoms with Crippen molar-refractivity contribution in [1.82, 2.24) is 71.1 Å². The molecule has 7 amide bonds. The van der Waals surface area contributed by atoms with Crippen LogP contribution in [0.25, 0.3) is 0 Å². The molecule has 614 valence electrons. The molecule has 0 radical (unpaired) electrons. The second-order valence-electron chi connectivity index (χ2n) is 26.5. The van der Waals surface area contributed by atoms with Crippen molar-refractivity contribution >= 4 is 89.1 Å². The number of rotatable bonds is 40. The molecule has 3 rings (SSSR count). The molecule has 2 aliphatic heterocycles. The molecule has 38 heteroatoms. The number of nitrogens with zero attached hydrogens (tertiary/aromatic N) is 8. The number of nitrogens with one attached hydrogen (secondary N) is 6. The molecule has 3 unspecified atom stereocenters. The van der Waals surface area contributed by atoms with E-state index in [1.807, 2.05) is 26.5 Å². The summed E-state index contributed by atoms with van der Waals surface area (Å²) in [5.41, 5.74) is 6.59. The first kappa shape index (κ1) is 94.2. The molecule has 6 atom stereocenters. The molecule has 0 spiro atoms. The van der Waals surface area contributed by atoms with Crippen LogP contribution in [0.4, 0.5) is 0 Å². The summed E-state index contributed by atoms with van der Waals surface area (Å²) >= 11 is 0. The number of carbonyl (C=O) groups is 15. The van der Waals surface area contributed by atoms with Crippen LogP contribution in [0.15, 0.2) is 24.3 Å². The summed E-state index contributed by atoms with van der Waals surface area (Å²) in [5, 5.41) is 16.5. The Balaban J connectivity index is 1.97. The molecule has 2 saturated heterocycles. The normalized spacial score (nSPS) is 17.1. The van der Waals surface area contributed by atoms with Crippen molar-refractivity contribution in [3.05, 3.63) is 35.4 Å². The third kappa shape index (κ3) is 37.3. The molecule has 38 nitrogen and oxygen atoms in total. The van der Waals surface area contributed by atoms with Gasteiger partial charge in [-0.2, -0.15) is 0 Å². The van der Waals surface area contributed by atoms with Crippen LogP contribution in [-0.4, -0.2) is 366 Å². The maximum Gasteiger partial charge on any atom is 0.323 e. The van der Waals surface area contributed by atoms with E-state index in [4.69, 9.17) is 43.6 Å². The highest BCUT2D eigenvalue weighted by Crippen LogP contribution is 2.17. The molecule has 0 bridgehead atoms. The summed E-state index contributed by atoms with van der Waals surface area (Å²) < 4.78 is 40.4. The Morgan fingerprint density at radius 2 is 0.697 bits per heavy atom. The predicted octanol–water partition coefficient (Wildman–Crippen LogP) is -4.66. The molecule has 0 saturated carbocycles. The van der Waals surface area contributed by atoms with Gasteiger partial charge in [-0.25, -0.2) is 0 Å². The second kappa shape index (κ2) is 52.1. The second-order valence-corrected chi connectivity index (χ2v) is 26.5. The van der Waals surface area contributed by atoms with Crippen molar-refractivity contribution in [2.45, 2.75) is 115 Å². The predicted molar refractivity (Wildman–Crippen MR) is 391 cm³/mol. The van der Waals surface area contributed by atoms with E-state index < -0.39 is 119 Å². The van der Waals surface area contributed by atoms with E-state index in [1.54, 1.807) is 50.8 Å². The SMILES string of the molecule is CCC(C)[C@H](NC(C)=O)C(=O)N[C@@H](CCC(N)=O)C(=O)NCc1ccc(CNC(=O)[C@H](CCNC(=O)CCC(C(=O)OC)N2CCN(CC(=O)OC)CCN(CC(=O)OC)CCN(CC(=O)OC)CC2)NC(=O)CCC(C(=O)OC)N2CCN(CC(=O)OC)CCN(CC(=O)OC)CCN(CC(=O)OC)CC2)cc1. The minimum atomic E-state index is -1.32. The van der Waals surface area contributed by atoms with Crippen molar-refractivity contribution < 1.29 is 110 Å². The highest BCUT2D eigenvalue weighted by Gasteiger charge is 2.35. The Labute approximate surface area is 637 Å². The van der Waals surface area contributed by atoms with Gasteiger partial charge in [0.05, 0.1) is 96.1 Å². The first-order valence-corrected chi connectivity index (χ1v) is 36.5. The lowest BCUT2D eigenvalue weighted by Crippen LogP contribution is -2.55. The van der Waals surface area contributed by atoms with Crippen molar-refractivity contribution in [2.75, 3.05) is 207 Å². The number of ether oxygens (including phenoxy) is 8. The van der Waals surface area contributed by atoms with Crippen molar-refractivity contribution in [2.24, 2.45) is 11.7 Å². The average Bonchev–Trinajstić information content (AvgIpc) is 0.871. The fraction of sp³-hybridized carbons (Fsp3) is 0.704. The van der Waals surface area contributed by atoms with Crippen LogP contribution >= 0.6 is 0 Å². The molecular weight excluding hydrogens is 1430 g/mol. The number of esters is 8. The molecule has 2 heterocycles. The lowest BCUT2D eigenvalue weighted by molar-refractivity contribution is -0.149. The number of carbonyl (C=O) groups excluding carboxylic acids is 15. The van der Waals surface area contributed by atoms with Gasteiger partial charge in [-0.15, -0.1) is 0 Å². The Hall–Kier alpha value is -9.05. The molecule has 1 aromatic carbocycles. The maximum atomic E-state index is 14.4. The Bertz CT molecular complexity index is 3050. The largest absolute Gasteiger partial charge is 0.468 e. The zero-order valence-electron chi connectivity index (χ0n) is 65.2. The maximum absolute atomic E-state index is 14.4. The third-order valence-corrected chi connectivity index (χ3v) is 18.9. The third-order valence-electron chi connectivity index (χ3n) is 18.9. The van der Waals surface area contributed by atoms with Crippen LogP contribution in [-0.2, 0) is 123 Å². The van der Waals surface area contributed by atoms with E-state index in [1.165, 1.54) is 63.8 Å². The minimum Gasteiger partial charge on any atom is -0.468 e. The molecule has 0 aromatic heterocycles. The van der Waals surface area contributed by atoms with E-state index in [2.05, 4.69) is 31.9 Å². The zero-order valence-corrected chi connectivity index (χ0v) is 65.2. The van der Waals surface area contributed by atoms with Crippen LogP contribution in [0.3, 0.4) is 0 Å². The first-order valence-electron chi connectivity index (χ1n) is 36.5. The van der Waals surface area contributed by atoms with Gasteiger partial charge in [-0.05, 0) is 42.7 Å². The van der Waals surface area contributed by atoms with Gasteiger partial charge < -0.3 is 75.5 Å². The molecule has 1 aromatic rings. The number of amides is 7. The van der Waals surface area contributed by atoms with Gasteiger partial charge in [-0.1, -0.05) is 44.5 Å². The molecular formula is C71H117N15O23. The molecule has 0 aliphatic carbocycles. The Morgan fingerprint density at radius 3 is 0.991 bits per heavy atom. The van der Waals surface area contributed by atoms with Crippen molar-refractivity contribution in [3.63, 3.8) is 0 Å². The number of hydrogen-bond acceptors (Lipinski definition) is 31. The first-order chi connectivity index (χ1) is 52.0. The summed E-state index contributed by atoms with van der Waals surface area (Å²) in [6, 6.07) is 1.14. The number of benzene rings is 1. The quantitative estimate of drug-likeness (QED) is 0.0240. The number of nitrogens with two attached hydrogens (primary N) is 1. The lowest BCUT2D eigenvalue weighted by atomic mass is 9.97. The summed E-state index contributed by atoms with van der Waals surface area (Å²) in [6.07, 6.45) is -0.817. The Morgan fingerprint density at radius 1 is 0.385 bits per heavy atom. The number of methoxy groups -OCH3 is 8. The van der Waals surface area contributed by atoms with Gasteiger partial charge in [0.2, 0.25) is 41.4 Å². The molecule has 2 aliphatic rings. The van der Waals surface area contributed by atoms with Crippen LogP contribution < -0.4 is 37.6 Å². The number of primary amides is 1. The minimum absolute atomic E-state index is 0.0272. The van der Waals surface area contributed by atoms with E-state index in [0.29, 0.717) is 43.7 Å². The van der Waals surface area contributed by atoms with Crippen molar-refractivity contribution in [1.29, 1.82) is 0 Å². The molecule has 109 heavy (non-hydrogen) atoms. The topological polar surface area (TPSA) is 454 Å². The van der Waals surface area contributed by atoms with E-state index >= 15 is 0 Å². The van der Waals surface area contributed by atoms with Gasteiger partial charge in [-0.3, -0.25) is 111 Å². The standard InChI is InChI=1S/C71H117N15O23/c1-12-49(2)66(76-50(3)87)69(99)78-53(17-20-57(72)88)67(97)74-41-51-13-15-52(16-14-51)42-75-68(98)54(77-59(90)22-19-56(71(101)109-11)86-39-35-83(47-64(95)106-8)31-27-80(44-61(92)103-5)28-32-84(36-40-86)48-65(96)107-9)23-24-73-58(89)21-18-55(70(100)108-10)85-37-33-81(45-62(93)104-6)29-25-79(43-60(91)102-4)26-30-82(34-38-85)46-63(94)105-7/h13-16,49,53-56,66H,12,17-48H2,1-11H3,(H2,72,88)(H,73,89)(H,74,97)(H,75,98)(H,76,87)(H,77,90)(H,78,99)/t49?,53-,54-,55?,56?,66-/m0/s1. The monoisotopic (exact) mass is 1550 g/mol. The lowest BCUT2D eigenvalue weighted by Gasteiger charge is -2.36. The van der Waals surface area contributed by atoms with Crippen LogP contribution in [0.2, 0.25) is 0 Å². The highest BCUT2D eigenvalue weighted by molar-refractivity contribution is 5.92.